The number of piperidine rings is 1. The molecule has 0 saturated carbocycles. The third kappa shape index (κ3) is 6.17. The van der Waals surface area contributed by atoms with Crippen LogP contribution in [0.15, 0.2) is 54.7 Å². The van der Waals surface area contributed by atoms with Crippen molar-refractivity contribution in [2.24, 2.45) is 11.5 Å². The Morgan fingerprint density at radius 3 is 2.50 bits per heavy atom. The van der Waals surface area contributed by atoms with Gasteiger partial charge in [-0.1, -0.05) is 24.6 Å². The number of anilines is 2. The van der Waals surface area contributed by atoms with Gasteiger partial charge in [0.25, 0.3) is 11.8 Å². The number of nitrogens with zero attached hydrogens (tertiary/aromatic N) is 4. The van der Waals surface area contributed by atoms with Crippen LogP contribution in [0.5, 0.6) is 5.88 Å². The Labute approximate surface area is 252 Å². The fraction of sp³-hybridized carbons (Fsp3) is 0.406. The fourth-order valence-corrected chi connectivity index (χ4v) is 6.14. The highest BCUT2D eigenvalue weighted by Gasteiger charge is 2.33. The van der Waals surface area contributed by atoms with Gasteiger partial charge in [-0.3, -0.25) is 9.59 Å². The molecule has 0 radical (unpaired) electrons. The Hall–Kier alpha value is -3.82. The molecule has 0 spiro atoms. The van der Waals surface area contributed by atoms with E-state index in [0.717, 1.165) is 54.9 Å². The molecule has 0 unspecified atom stereocenters. The highest BCUT2D eigenvalue weighted by atomic mass is 35.5. The van der Waals surface area contributed by atoms with Gasteiger partial charge in [0.2, 0.25) is 5.88 Å². The van der Waals surface area contributed by atoms with Gasteiger partial charge in [-0.05, 0) is 74.2 Å². The van der Waals surface area contributed by atoms with Crippen LogP contribution in [-0.2, 0) is 0 Å². The first kappa shape index (κ1) is 29.7. The van der Waals surface area contributed by atoms with Crippen molar-refractivity contribution in [3.8, 4) is 17.0 Å². The number of benzene rings is 2. The number of nitrogens with two attached hydrogens (primary N) is 2. The molecule has 1 atom stereocenters. The third-order valence-electron chi connectivity index (χ3n) is 8.25. The SMILES string of the molecule is CCOc1ncccc1-c1ccc(N2CCN(C(=O)c3ccc(Cl)cc3N3CCC(N)CC3)C[C@H]2CC)c(C(N)=O)c1. The second-order valence-corrected chi connectivity index (χ2v) is 11.3. The molecule has 2 fully saturated rings. The van der Waals surface area contributed by atoms with Gasteiger partial charge in [0, 0.05) is 67.3 Å². The van der Waals surface area contributed by atoms with Crippen LogP contribution >= 0.6 is 11.6 Å². The van der Waals surface area contributed by atoms with Crippen molar-refractivity contribution in [3.63, 3.8) is 0 Å². The second kappa shape index (κ2) is 13.0. The quantitative estimate of drug-likeness (QED) is 0.394. The average molecular weight is 591 g/mol. The van der Waals surface area contributed by atoms with Gasteiger partial charge >= 0.3 is 0 Å². The summed E-state index contributed by atoms with van der Waals surface area (Å²) in [5, 5.41) is 0.606. The predicted molar refractivity (Wildman–Crippen MR) is 168 cm³/mol. The minimum atomic E-state index is -0.505. The normalized spacial score (nSPS) is 17.8. The summed E-state index contributed by atoms with van der Waals surface area (Å²) in [7, 11) is 0. The van der Waals surface area contributed by atoms with Crippen LogP contribution in [0.3, 0.4) is 0 Å². The Balaban J connectivity index is 1.39. The maximum Gasteiger partial charge on any atom is 0.256 e. The molecule has 2 saturated heterocycles. The molecule has 2 aliphatic rings. The van der Waals surface area contributed by atoms with Crippen LogP contribution < -0.4 is 26.0 Å². The van der Waals surface area contributed by atoms with Gasteiger partial charge < -0.3 is 30.9 Å². The van der Waals surface area contributed by atoms with Crippen molar-refractivity contribution in [3.05, 3.63) is 70.9 Å². The van der Waals surface area contributed by atoms with E-state index in [1.165, 1.54) is 0 Å². The van der Waals surface area contributed by atoms with Gasteiger partial charge in [0.15, 0.2) is 0 Å². The number of piperazine rings is 1. The molecule has 1 aromatic heterocycles. The summed E-state index contributed by atoms with van der Waals surface area (Å²) in [6.07, 6.45) is 4.23. The number of halogens is 1. The topological polar surface area (TPSA) is 118 Å². The molecule has 2 amide bonds. The van der Waals surface area contributed by atoms with Crippen molar-refractivity contribution in [1.82, 2.24) is 9.88 Å². The van der Waals surface area contributed by atoms with Gasteiger partial charge in [-0.25, -0.2) is 4.98 Å². The van der Waals surface area contributed by atoms with Gasteiger partial charge in [-0.2, -0.15) is 0 Å². The smallest absolute Gasteiger partial charge is 0.256 e. The van der Waals surface area contributed by atoms with E-state index in [0.29, 0.717) is 48.3 Å². The lowest BCUT2D eigenvalue weighted by molar-refractivity contribution is 0.0720. The number of rotatable bonds is 8. The number of hydrogen-bond acceptors (Lipinski definition) is 7. The molecule has 10 heteroatoms. The van der Waals surface area contributed by atoms with Crippen LogP contribution in [-0.4, -0.2) is 73.1 Å². The van der Waals surface area contributed by atoms with Crippen LogP contribution in [0, 0.1) is 0 Å². The number of carbonyl (C=O) groups is 2. The number of aromatic nitrogens is 1. The van der Waals surface area contributed by atoms with E-state index in [1.807, 2.05) is 54.3 Å². The summed E-state index contributed by atoms with van der Waals surface area (Å²) in [4.78, 5) is 37.3. The first-order valence-corrected chi connectivity index (χ1v) is 15.1. The summed E-state index contributed by atoms with van der Waals surface area (Å²) in [5.41, 5.74) is 16.4. The monoisotopic (exact) mass is 590 g/mol. The molecule has 4 N–H and O–H groups in total. The second-order valence-electron chi connectivity index (χ2n) is 10.9. The fourth-order valence-electron chi connectivity index (χ4n) is 5.98. The van der Waals surface area contributed by atoms with Crippen molar-refractivity contribution in [2.45, 2.75) is 45.2 Å². The molecular weight excluding hydrogens is 552 g/mol. The number of primary amides is 1. The van der Waals surface area contributed by atoms with E-state index in [2.05, 4.69) is 21.7 Å². The third-order valence-corrected chi connectivity index (χ3v) is 8.48. The maximum atomic E-state index is 13.9. The van der Waals surface area contributed by atoms with E-state index in [-0.39, 0.29) is 18.0 Å². The first-order valence-electron chi connectivity index (χ1n) is 14.7. The summed E-state index contributed by atoms with van der Waals surface area (Å²) < 4.78 is 5.71. The number of pyridine rings is 1. The first-order chi connectivity index (χ1) is 20.3. The van der Waals surface area contributed by atoms with E-state index in [9.17, 15) is 9.59 Å². The molecule has 9 nitrogen and oxygen atoms in total. The number of hydrogen-bond donors (Lipinski definition) is 2. The zero-order valence-corrected chi connectivity index (χ0v) is 25.0. The number of amides is 2. The van der Waals surface area contributed by atoms with E-state index in [4.69, 9.17) is 27.8 Å². The van der Waals surface area contributed by atoms with Crippen molar-refractivity contribution >= 4 is 34.8 Å². The summed E-state index contributed by atoms with van der Waals surface area (Å²) in [5.74, 6) is -0.00930. The molecule has 3 aromatic rings. The average Bonchev–Trinajstić information content (AvgIpc) is 3.01. The summed E-state index contributed by atoms with van der Waals surface area (Å²) in [6, 6.07) is 15.2. The highest BCUT2D eigenvalue weighted by Crippen LogP contribution is 2.35. The molecular formula is C32H39ClN6O3. The lowest BCUT2D eigenvalue weighted by Gasteiger charge is -2.43. The molecule has 0 aliphatic carbocycles. The van der Waals surface area contributed by atoms with Crippen LogP contribution in [0.4, 0.5) is 11.4 Å². The van der Waals surface area contributed by atoms with Crippen molar-refractivity contribution in [2.75, 3.05) is 49.1 Å². The van der Waals surface area contributed by atoms with Crippen LogP contribution in [0.1, 0.15) is 53.8 Å². The van der Waals surface area contributed by atoms with Gasteiger partial charge in [0.1, 0.15) is 0 Å². The molecule has 3 heterocycles. The van der Waals surface area contributed by atoms with E-state index >= 15 is 0 Å². The van der Waals surface area contributed by atoms with Crippen LogP contribution in [0.2, 0.25) is 5.02 Å². The Morgan fingerprint density at radius 2 is 1.79 bits per heavy atom. The van der Waals surface area contributed by atoms with Gasteiger partial charge in [0.05, 0.1) is 23.4 Å². The molecule has 2 aromatic carbocycles. The standard InChI is InChI=1S/C32H39ClN6O3/c1-3-24-20-38(32(41)26-9-8-22(33)19-29(26)37-14-11-23(34)12-15-37)16-17-39(24)28-10-7-21(18-27(28)30(35)40)25-6-5-13-36-31(25)42-4-2/h5-10,13,18-19,23-24H,3-4,11-12,14-17,20,34H2,1-2H3,(H2,35,40)/t24-/m1/s1. The number of carbonyl (C=O) groups excluding carboxylic acids is 2. The maximum absolute atomic E-state index is 13.9. The Bertz CT molecular complexity index is 1440. The summed E-state index contributed by atoms with van der Waals surface area (Å²) in [6.45, 7) is 7.69. The largest absolute Gasteiger partial charge is 0.478 e. The Morgan fingerprint density at radius 1 is 1.00 bits per heavy atom. The minimum absolute atomic E-state index is 0.00719. The molecule has 222 valence electrons. The van der Waals surface area contributed by atoms with Gasteiger partial charge in [-0.15, -0.1) is 0 Å². The molecule has 5 rings (SSSR count). The van der Waals surface area contributed by atoms with E-state index in [1.54, 1.807) is 12.3 Å². The predicted octanol–water partition coefficient (Wildman–Crippen LogP) is 4.57. The molecule has 42 heavy (non-hydrogen) atoms. The molecule has 0 bridgehead atoms. The summed E-state index contributed by atoms with van der Waals surface area (Å²) >= 11 is 6.37. The zero-order valence-electron chi connectivity index (χ0n) is 24.3. The number of ether oxygens (including phenoxy) is 1. The molecule has 2 aliphatic heterocycles. The Kier molecular flexibility index (Phi) is 9.18. The lowest BCUT2D eigenvalue weighted by Crippen LogP contribution is -2.55. The minimum Gasteiger partial charge on any atom is -0.478 e. The van der Waals surface area contributed by atoms with Crippen molar-refractivity contribution in [1.29, 1.82) is 0 Å². The van der Waals surface area contributed by atoms with Crippen molar-refractivity contribution < 1.29 is 14.3 Å². The highest BCUT2D eigenvalue weighted by molar-refractivity contribution is 6.31. The van der Waals surface area contributed by atoms with E-state index < -0.39 is 5.91 Å². The lowest BCUT2D eigenvalue weighted by atomic mass is 9.99. The van der Waals surface area contributed by atoms with Crippen LogP contribution in [0.25, 0.3) is 11.1 Å². The zero-order chi connectivity index (χ0) is 29.8.